The topological polar surface area (TPSA) is 50.1 Å². The molecular weight excluding hydrogens is 202 g/mol. The fraction of sp³-hybridized carbons (Fsp3) is 0.750. The molecule has 0 aliphatic rings. The molecule has 0 amide bonds. The second kappa shape index (κ2) is 6.01. The third-order valence-corrected chi connectivity index (χ3v) is 2.64. The van der Waals surface area contributed by atoms with Crippen molar-refractivity contribution in [2.24, 2.45) is 5.92 Å². The average molecular weight is 225 g/mol. The van der Waals surface area contributed by atoms with Crippen LogP contribution in [0.2, 0.25) is 0 Å². The zero-order valence-corrected chi connectivity index (χ0v) is 10.6. The molecule has 1 heterocycles. The summed E-state index contributed by atoms with van der Waals surface area (Å²) < 4.78 is 1.94. The number of aliphatic hydroxyl groups is 1. The van der Waals surface area contributed by atoms with Gasteiger partial charge in [-0.25, -0.2) is 0 Å². The van der Waals surface area contributed by atoms with Crippen molar-refractivity contribution in [1.82, 2.24) is 15.1 Å². The second-order valence-electron chi connectivity index (χ2n) is 4.86. The van der Waals surface area contributed by atoms with Crippen molar-refractivity contribution in [2.75, 3.05) is 6.54 Å². The molecule has 1 aromatic heterocycles. The largest absolute Gasteiger partial charge is 0.392 e. The number of nitrogens with zero attached hydrogens (tertiary/aromatic N) is 2. The van der Waals surface area contributed by atoms with Gasteiger partial charge < -0.3 is 10.4 Å². The summed E-state index contributed by atoms with van der Waals surface area (Å²) >= 11 is 0. The van der Waals surface area contributed by atoms with E-state index in [9.17, 15) is 5.11 Å². The van der Waals surface area contributed by atoms with Gasteiger partial charge in [0.2, 0.25) is 0 Å². The first kappa shape index (κ1) is 13.2. The van der Waals surface area contributed by atoms with Gasteiger partial charge in [-0.05, 0) is 19.8 Å². The van der Waals surface area contributed by atoms with Crippen LogP contribution in [0.1, 0.15) is 39.3 Å². The van der Waals surface area contributed by atoms with Crippen LogP contribution in [0.25, 0.3) is 0 Å². The van der Waals surface area contributed by atoms with Crippen molar-refractivity contribution in [3.05, 3.63) is 18.0 Å². The quantitative estimate of drug-likeness (QED) is 0.772. The van der Waals surface area contributed by atoms with Gasteiger partial charge in [-0.1, -0.05) is 13.8 Å². The van der Waals surface area contributed by atoms with Crippen molar-refractivity contribution in [2.45, 2.75) is 46.4 Å². The van der Waals surface area contributed by atoms with Crippen molar-refractivity contribution < 1.29 is 5.11 Å². The van der Waals surface area contributed by atoms with Crippen LogP contribution in [0.3, 0.4) is 0 Å². The Kier molecular flexibility index (Phi) is 4.96. The third kappa shape index (κ3) is 3.94. The van der Waals surface area contributed by atoms with Gasteiger partial charge in [0, 0.05) is 30.9 Å². The molecule has 0 fully saturated rings. The van der Waals surface area contributed by atoms with Crippen LogP contribution in [-0.2, 0) is 6.54 Å². The van der Waals surface area contributed by atoms with E-state index in [0.29, 0.717) is 18.5 Å². The highest BCUT2D eigenvalue weighted by molar-refractivity contribution is 5.03. The fourth-order valence-electron chi connectivity index (χ4n) is 1.35. The van der Waals surface area contributed by atoms with E-state index in [1.165, 1.54) is 0 Å². The Morgan fingerprint density at radius 3 is 2.56 bits per heavy atom. The summed E-state index contributed by atoms with van der Waals surface area (Å²) in [4.78, 5) is 0. The van der Waals surface area contributed by atoms with Crippen LogP contribution in [0, 0.1) is 5.92 Å². The van der Waals surface area contributed by atoms with Gasteiger partial charge in [-0.2, -0.15) is 5.10 Å². The third-order valence-electron chi connectivity index (χ3n) is 2.64. The first-order valence-corrected chi connectivity index (χ1v) is 5.92. The molecular formula is C12H23N3O. The lowest BCUT2D eigenvalue weighted by molar-refractivity contribution is 0.123. The molecule has 1 rings (SSSR count). The Bertz CT molecular complexity index is 307. The van der Waals surface area contributed by atoms with Crippen LogP contribution in [0.5, 0.6) is 0 Å². The molecule has 0 aliphatic carbocycles. The molecule has 4 heteroatoms. The normalized spacial score (nSPS) is 13.7. The highest BCUT2D eigenvalue weighted by Crippen LogP contribution is 2.05. The second-order valence-corrected chi connectivity index (χ2v) is 4.86. The average Bonchev–Trinajstić information content (AvgIpc) is 2.66. The van der Waals surface area contributed by atoms with E-state index < -0.39 is 0 Å². The van der Waals surface area contributed by atoms with Gasteiger partial charge in [-0.15, -0.1) is 0 Å². The van der Waals surface area contributed by atoms with Gasteiger partial charge in [0.05, 0.1) is 12.3 Å². The highest BCUT2D eigenvalue weighted by Gasteiger charge is 2.08. The molecule has 2 N–H and O–H groups in total. The lowest BCUT2D eigenvalue weighted by Gasteiger charge is -2.14. The molecule has 0 bridgehead atoms. The maximum absolute atomic E-state index is 9.61. The van der Waals surface area contributed by atoms with Gasteiger partial charge in [0.1, 0.15) is 0 Å². The number of rotatable bonds is 6. The number of hydrogen-bond donors (Lipinski definition) is 2. The summed E-state index contributed by atoms with van der Waals surface area (Å²) in [5, 5.41) is 17.1. The van der Waals surface area contributed by atoms with Crippen LogP contribution in [0.4, 0.5) is 0 Å². The van der Waals surface area contributed by atoms with E-state index in [2.05, 4.69) is 24.3 Å². The van der Waals surface area contributed by atoms with E-state index >= 15 is 0 Å². The molecule has 1 aromatic rings. The predicted molar refractivity (Wildman–Crippen MR) is 65.2 cm³/mol. The molecule has 0 saturated carbocycles. The monoisotopic (exact) mass is 225 g/mol. The minimum atomic E-state index is -0.278. The fourth-order valence-corrected chi connectivity index (χ4v) is 1.35. The zero-order valence-electron chi connectivity index (χ0n) is 10.6. The smallest absolute Gasteiger partial charge is 0.0687 e. The number of nitrogens with one attached hydrogen (secondary N) is 1. The summed E-state index contributed by atoms with van der Waals surface area (Å²) in [5.74, 6) is 0.297. The lowest BCUT2D eigenvalue weighted by Crippen LogP contribution is -2.30. The van der Waals surface area contributed by atoms with E-state index in [1.807, 2.05) is 30.9 Å². The van der Waals surface area contributed by atoms with Crippen molar-refractivity contribution in [3.63, 3.8) is 0 Å². The van der Waals surface area contributed by atoms with Crippen LogP contribution < -0.4 is 5.32 Å². The molecule has 0 aromatic carbocycles. The molecule has 0 radical (unpaired) electrons. The van der Waals surface area contributed by atoms with Gasteiger partial charge >= 0.3 is 0 Å². The molecule has 92 valence electrons. The molecule has 0 saturated heterocycles. The van der Waals surface area contributed by atoms with Gasteiger partial charge in [0.25, 0.3) is 0 Å². The summed E-state index contributed by atoms with van der Waals surface area (Å²) in [5.41, 5.74) is 1.16. The predicted octanol–water partition coefficient (Wildman–Crippen LogP) is 1.57. The number of aliphatic hydroxyl groups excluding tert-OH is 1. The summed E-state index contributed by atoms with van der Waals surface area (Å²) in [7, 11) is 0. The first-order valence-electron chi connectivity index (χ1n) is 5.92. The Hall–Kier alpha value is -0.870. The van der Waals surface area contributed by atoms with Crippen molar-refractivity contribution in [3.8, 4) is 0 Å². The standard InChI is InChI=1S/C12H23N3O/c1-9(2)12(16)7-13-5-11-6-14-15(8-11)10(3)4/h6,8-10,12-13,16H,5,7H2,1-4H3. The summed E-state index contributed by atoms with van der Waals surface area (Å²) in [6.07, 6.45) is 3.63. The zero-order chi connectivity index (χ0) is 12.1. The highest BCUT2D eigenvalue weighted by atomic mass is 16.3. The molecule has 0 aliphatic heterocycles. The molecule has 0 spiro atoms. The first-order chi connectivity index (χ1) is 7.50. The van der Waals surface area contributed by atoms with Crippen LogP contribution >= 0.6 is 0 Å². The number of hydrogen-bond acceptors (Lipinski definition) is 3. The van der Waals surface area contributed by atoms with E-state index in [0.717, 1.165) is 12.1 Å². The van der Waals surface area contributed by atoms with Crippen molar-refractivity contribution in [1.29, 1.82) is 0 Å². The molecule has 4 nitrogen and oxygen atoms in total. The molecule has 1 atom stereocenters. The maximum Gasteiger partial charge on any atom is 0.0687 e. The summed E-state index contributed by atoms with van der Waals surface area (Å²) in [6.45, 7) is 9.63. The SMILES string of the molecule is CC(C)C(O)CNCc1cnn(C(C)C)c1. The van der Waals surface area contributed by atoms with Gasteiger partial charge in [0.15, 0.2) is 0 Å². The van der Waals surface area contributed by atoms with E-state index in [4.69, 9.17) is 0 Å². The Balaban J connectivity index is 2.32. The van der Waals surface area contributed by atoms with Crippen LogP contribution in [-0.4, -0.2) is 27.5 Å². The minimum absolute atomic E-state index is 0.278. The lowest BCUT2D eigenvalue weighted by atomic mass is 10.1. The Labute approximate surface area is 97.7 Å². The van der Waals surface area contributed by atoms with E-state index in [-0.39, 0.29) is 6.10 Å². The molecule has 1 unspecified atom stereocenters. The van der Waals surface area contributed by atoms with Gasteiger partial charge in [-0.3, -0.25) is 4.68 Å². The van der Waals surface area contributed by atoms with Crippen LogP contribution in [0.15, 0.2) is 12.4 Å². The number of aromatic nitrogens is 2. The Morgan fingerprint density at radius 1 is 1.38 bits per heavy atom. The maximum atomic E-state index is 9.61. The van der Waals surface area contributed by atoms with Crippen molar-refractivity contribution >= 4 is 0 Å². The minimum Gasteiger partial charge on any atom is -0.392 e. The Morgan fingerprint density at radius 2 is 2.06 bits per heavy atom. The summed E-state index contributed by atoms with van der Waals surface area (Å²) in [6, 6.07) is 0.398. The van der Waals surface area contributed by atoms with E-state index in [1.54, 1.807) is 0 Å². The molecule has 16 heavy (non-hydrogen) atoms.